The Morgan fingerprint density at radius 1 is 0.625 bits per heavy atom. The zero-order chi connectivity index (χ0) is 28.7. The molecule has 1 nitrogen and oxygen atoms in total. The standard InChI is InChI=1S/C31H29N.C8H12/c1-30(2)26-12-8-6-10-22(26)24-16-14-20(18-28(24)30)32(5)21-15-17-25-23-11-7-9-13-27(23)31(3,4)29(25)19-21;1-4-5-6-7-8(2)3/h6-19H,1-5H3;4-7H,2H2,1,3H3/b;5-4-,7-6-. The van der Waals surface area contributed by atoms with E-state index >= 15 is 0 Å². The lowest BCUT2D eigenvalue weighted by molar-refractivity contribution is 0.660. The van der Waals surface area contributed by atoms with Gasteiger partial charge in [0.1, 0.15) is 0 Å². The second kappa shape index (κ2) is 10.5. The number of anilines is 2. The number of benzene rings is 4. The van der Waals surface area contributed by atoms with Crippen LogP contribution in [-0.2, 0) is 10.8 Å². The quantitative estimate of drug-likeness (QED) is 0.240. The van der Waals surface area contributed by atoms with Crippen LogP contribution in [0.15, 0.2) is 121 Å². The van der Waals surface area contributed by atoms with Gasteiger partial charge in [0, 0.05) is 29.3 Å². The fraction of sp³-hybridized carbons (Fsp3) is 0.231. The first-order valence-corrected chi connectivity index (χ1v) is 14.2. The minimum absolute atomic E-state index is 0.0182. The Kier molecular flexibility index (Phi) is 7.19. The van der Waals surface area contributed by atoms with Gasteiger partial charge in [0.25, 0.3) is 0 Å². The minimum atomic E-state index is 0.0182. The Morgan fingerprint density at radius 2 is 1.05 bits per heavy atom. The molecule has 0 saturated heterocycles. The van der Waals surface area contributed by atoms with Crippen molar-refractivity contribution in [3.63, 3.8) is 0 Å². The van der Waals surface area contributed by atoms with E-state index in [2.05, 4.69) is 131 Å². The van der Waals surface area contributed by atoms with Crippen LogP contribution >= 0.6 is 0 Å². The number of hydrogen-bond donors (Lipinski definition) is 0. The smallest absolute Gasteiger partial charge is 0.0411 e. The van der Waals surface area contributed by atoms with E-state index in [1.807, 2.05) is 38.2 Å². The first kappa shape index (κ1) is 27.5. The van der Waals surface area contributed by atoms with Crippen LogP contribution in [0.2, 0.25) is 0 Å². The molecule has 6 rings (SSSR count). The SMILES string of the molecule is C=C(C)/C=C\C=C/C.CN(c1ccc2c(c1)C(C)(C)c1ccccc1-2)c1ccc2c(c1)C(C)(C)c1ccccc1-2. The van der Waals surface area contributed by atoms with Gasteiger partial charge in [-0.05, 0) is 82.6 Å². The molecule has 4 aromatic carbocycles. The summed E-state index contributed by atoms with van der Waals surface area (Å²) in [5.74, 6) is 0. The highest BCUT2D eigenvalue weighted by molar-refractivity contribution is 5.85. The molecule has 0 saturated carbocycles. The predicted molar refractivity (Wildman–Crippen MR) is 175 cm³/mol. The molecule has 40 heavy (non-hydrogen) atoms. The van der Waals surface area contributed by atoms with Gasteiger partial charge in [-0.25, -0.2) is 0 Å². The maximum absolute atomic E-state index is 3.71. The Hall–Kier alpha value is -4.10. The third-order valence-corrected chi connectivity index (χ3v) is 8.59. The third kappa shape index (κ3) is 4.64. The van der Waals surface area contributed by atoms with Crippen molar-refractivity contribution in [2.45, 2.75) is 52.4 Å². The third-order valence-electron chi connectivity index (χ3n) is 8.59. The van der Waals surface area contributed by atoms with Crippen LogP contribution in [0.4, 0.5) is 11.4 Å². The van der Waals surface area contributed by atoms with Gasteiger partial charge in [0.05, 0.1) is 0 Å². The van der Waals surface area contributed by atoms with Crippen LogP contribution in [0.5, 0.6) is 0 Å². The van der Waals surface area contributed by atoms with E-state index in [0.717, 1.165) is 5.57 Å². The van der Waals surface area contributed by atoms with E-state index in [-0.39, 0.29) is 10.8 Å². The van der Waals surface area contributed by atoms with Gasteiger partial charge in [0.2, 0.25) is 0 Å². The average Bonchev–Trinajstić information content (AvgIpc) is 3.32. The summed E-state index contributed by atoms with van der Waals surface area (Å²) >= 11 is 0. The second-order valence-electron chi connectivity index (χ2n) is 12.1. The van der Waals surface area contributed by atoms with Gasteiger partial charge in [0.15, 0.2) is 0 Å². The molecule has 202 valence electrons. The Bertz CT molecular complexity index is 1540. The maximum Gasteiger partial charge on any atom is 0.0411 e. The highest BCUT2D eigenvalue weighted by atomic mass is 15.1. The van der Waals surface area contributed by atoms with Crippen LogP contribution in [-0.4, -0.2) is 7.05 Å². The van der Waals surface area contributed by atoms with Crippen molar-refractivity contribution < 1.29 is 0 Å². The van der Waals surface area contributed by atoms with Gasteiger partial charge in [-0.15, -0.1) is 0 Å². The van der Waals surface area contributed by atoms with Crippen LogP contribution < -0.4 is 4.90 Å². The second-order valence-corrected chi connectivity index (χ2v) is 12.1. The van der Waals surface area contributed by atoms with E-state index in [4.69, 9.17) is 0 Å². The molecule has 0 N–H and O–H groups in total. The van der Waals surface area contributed by atoms with E-state index in [0.29, 0.717) is 0 Å². The highest BCUT2D eigenvalue weighted by Gasteiger charge is 2.37. The van der Waals surface area contributed by atoms with Gasteiger partial charge in [-0.1, -0.05) is 125 Å². The van der Waals surface area contributed by atoms with Gasteiger partial charge >= 0.3 is 0 Å². The molecule has 0 heterocycles. The van der Waals surface area contributed by atoms with Gasteiger partial charge in [-0.3, -0.25) is 0 Å². The first-order valence-electron chi connectivity index (χ1n) is 14.2. The lowest BCUT2D eigenvalue weighted by Crippen LogP contribution is -2.17. The largest absolute Gasteiger partial charge is 0.345 e. The molecule has 0 bridgehead atoms. The topological polar surface area (TPSA) is 3.24 Å². The minimum Gasteiger partial charge on any atom is -0.345 e. The van der Waals surface area contributed by atoms with Crippen molar-refractivity contribution >= 4 is 11.4 Å². The Balaban J connectivity index is 0.000000355. The van der Waals surface area contributed by atoms with E-state index < -0.39 is 0 Å². The zero-order valence-corrected chi connectivity index (χ0v) is 25.0. The van der Waals surface area contributed by atoms with Crippen molar-refractivity contribution in [2.75, 3.05) is 11.9 Å². The molecular weight excluding hydrogens is 482 g/mol. The van der Waals surface area contributed by atoms with Gasteiger partial charge in [-0.2, -0.15) is 0 Å². The predicted octanol–water partition coefficient (Wildman–Crippen LogP) is 10.8. The monoisotopic (exact) mass is 523 g/mol. The molecular formula is C39H41N. The van der Waals surface area contributed by atoms with E-state index in [1.165, 1.54) is 55.9 Å². The first-order chi connectivity index (χ1) is 19.1. The van der Waals surface area contributed by atoms with Crippen LogP contribution in [0.3, 0.4) is 0 Å². The Morgan fingerprint density at radius 3 is 1.48 bits per heavy atom. The Labute approximate surface area is 241 Å². The normalized spacial score (nSPS) is 15.2. The summed E-state index contributed by atoms with van der Waals surface area (Å²) in [6.07, 6.45) is 7.91. The summed E-state index contributed by atoms with van der Waals surface area (Å²) in [6, 6.07) is 31.6. The van der Waals surface area contributed by atoms with Crippen LogP contribution in [0.25, 0.3) is 22.3 Å². The number of rotatable bonds is 4. The molecule has 0 unspecified atom stereocenters. The average molecular weight is 524 g/mol. The van der Waals surface area contributed by atoms with Crippen molar-refractivity contribution in [3.05, 3.63) is 144 Å². The molecule has 0 spiro atoms. The molecule has 0 aromatic heterocycles. The van der Waals surface area contributed by atoms with Crippen molar-refractivity contribution in [1.29, 1.82) is 0 Å². The van der Waals surface area contributed by atoms with Crippen LogP contribution in [0.1, 0.15) is 63.8 Å². The summed E-state index contributed by atoms with van der Waals surface area (Å²) in [5, 5.41) is 0. The van der Waals surface area contributed by atoms with E-state index in [9.17, 15) is 0 Å². The molecule has 2 aliphatic rings. The highest BCUT2D eigenvalue weighted by Crippen LogP contribution is 2.51. The lowest BCUT2D eigenvalue weighted by atomic mass is 9.82. The molecule has 0 radical (unpaired) electrons. The van der Waals surface area contributed by atoms with Crippen LogP contribution in [0, 0.1) is 0 Å². The molecule has 0 amide bonds. The number of allylic oxidation sites excluding steroid dienone is 5. The molecule has 0 aliphatic heterocycles. The molecule has 0 atom stereocenters. The number of nitrogens with zero attached hydrogens (tertiary/aromatic N) is 1. The summed E-state index contributed by atoms with van der Waals surface area (Å²) in [4.78, 5) is 2.33. The maximum atomic E-state index is 3.71. The van der Waals surface area contributed by atoms with Crippen molar-refractivity contribution in [1.82, 2.24) is 0 Å². The zero-order valence-electron chi connectivity index (χ0n) is 25.0. The summed E-state index contributed by atoms with van der Waals surface area (Å²) < 4.78 is 0. The fourth-order valence-corrected chi connectivity index (χ4v) is 6.28. The fourth-order valence-electron chi connectivity index (χ4n) is 6.28. The van der Waals surface area contributed by atoms with Crippen molar-refractivity contribution in [3.8, 4) is 22.3 Å². The summed E-state index contributed by atoms with van der Waals surface area (Å²) in [6.45, 7) is 17.0. The molecule has 4 aromatic rings. The summed E-state index contributed by atoms with van der Waals surface area (Å²) in [5.41, 5.74) is 14.7. The number of fused-ring (bicyclic) bond motifs is 6. The molecule has 0 fully saturated rings. The lowest BCUT2D eigenvalue weighted by Gasteiger charge is -2.27. The van der Waals surface area contributed by atoms with Gasteiger partial charge < -0.3 is 4.90 Å². The van der Waals surface area contributed by atoms with Crippen molar-refractivity contribution in [2.24, 2.45) is 0 Å². The van der Waals surface area contributed by atoms with E-state index in [1.54, 1.807) is 0 Å². The molecule has 2 aliphatic carbocycles. The number of hydrogen-bond acceptors (Lipinski definition) is 1. The summed E-state index contributed by atoms with van der Waals surface area (Å²) in [7, 11) is 2.19. The molecule has 1 heteroatoms.